The van der Waals surface area contributed by atoms with Crippen molar-refractivity contribution >= 4 is 17.6 Å². The van der Waals surface area contributed by atoms with E-state index in [1.165, 1.54) is 0 Å². The van der Waals surface area contributed by atoms with E-state index in [-0.39, 0.29) is 0 Å². The lowest BCUT2D eigenvalue weighted by molar-refractivity contribution is 0.100. The number of primary amides is 1. The van der Waals surface area contributed by atoms with Gasteiger partial charge in [0.25, 0.3) is 0 Å². The normalized spacial score (nSPS) is 13.6. The van der Waals surface area contributed by atoms with Crippen LogP contribution in [-0.4, -0.2) is 31.6 Å². The van der Waals surface area contributed by atoms with Crippen LogP contribution in [0, 0.1) is 0 Å². The number of guanidine groups is 1. The maximum atomic E-state index is 11.1. The van der Waals surface area contributed by atoms with E-state index in [9.17, 15) is 4.79 Å². The molecule has 0 fully saturated rings. The second-order valence-electron chi connectivity index (χ2n) is 6.09. The molecule has 1 heterocycles. The van der Waals surface area contributed by atoms with Crippen molar-refractivity contribution < 1.29 is 14.3 Å². The fourth-order valence-electron chi connectivity index (χ4n) is 2.63. The second-order valence-corrected chi connectivity index (χ2v) is 6.09. The van der Waals surface area contributed by atoms with E-state index in [2.05, 4.69) is 15.6 Å². The van der Waals surface area contributed by atoms with E-state index < -0.39 is 5.91 Å². The molecule has 0 saturated heterocycles. The minimum Gasteiger partial charge on any atom is -0.490 e. The summed E-state index contributed by atoms with van der Waals surface area (Å²) in [5.74, 6) is 1.71. The van der Waals surface area contributed by atoms with Crippen LogP contribution < -0.4 is 25.8 Å². The van der Waals surface area contributed by atoms with Crippen molar-refractivity contribution in [2.45, 2.75) is 19.9 Å². The van der Waals surface area contributed by atoms with Crippen molar-refractivity contribution in [3.05, 3.63) is 53.6 Å². The van der Waals surface area contributed by atoms with Crippen molar-refractivity contribution in [2.24, 2.45) is 10.7 Å². The number of nitrogens with two attached hydrogens (primary N) is 1. The SMILES string of the molecule is CCNC(=NCc1ccc(C(N)=O)cc1)Nc1ccc2c(c1)OCCCO2. The molecule has 0 saturated carbocycles. The molecule has 27 heavy (non-hydrogen) atoms. The zero-order valence-electron chi connectivity index (χ0n) is 15.3. The number of anilines is 1. The van der Waals surface area contributed by atoms with E-state index in [0.717, 1.165) is 35.7 Å². The number of hydrogen-bond donors (Lipinski definition) is 3. The molecule has 0 atom stereocenters. The molecule has 142 valence electrons. The summed E-state index contributed by atoms with van der Waals surface area (Å²) in [5, 5.41) is 6.50. The number of fused-ring (bicyclic) bond motifs is 1. The molecule has 1 aliphatic heterocycles. The van der Waals surface area contributed by atoms with Gasteiger partial charge in [-0.05, 0) is 36.8 Å². The van der Waals surface area contributed by atoms with E-state index in [4.69, 9.17) is 15.2 Å². The lowest BCUT2D eigenvalue weighted by Gasteiger charge is -2.13. The largest absolute Gasteiger partial charge is 0.490 e. The van der Waals surface area contributed by atoms with E-state index in [1.54, 1.807) is 12.1 Å². The van der Waals surface area contributed by atoms with Crippen molar-refractivity contribution in [2.75, 3.05) is 25.1 Å². The van der Waals surface area contributed by atoms with Gasteiger partial charge in [-0.25, -0.2) is 4.99 Å². The molecule has 0 aliphatic carbocycles. The molecule has 0 bridgehead atoms. The molecule has 7 heteroatoms. The molecular weight excluding hydrogens is 344 g/mol. The van der Waals surface area contributed by atoms with Crippen LogP contribution in [0.25, 0.3) is 0 Å². The van der Waals surface area contributed by atoms with E-state index >= 15 is 0 Å². The van der Waals surface area contributed by atoms with Gasteiger partial charge < -0.3 is 25.8 Å². The zero-order chi connectivity index (χ0) is 19.1. The van der Waals surface area contributed by atoms with Crippen molar-refractivity contribution in [3.8, 4) is 11.5 Å². The smallest absolute Gasteiger partial charge is 0.248 e. The third-order valence-electron chi connectivity index (χ3n) is 4.01. The second kappa shape index (κ2) is 8.93. The Bertz CT molecular complexity index is 818. The summed E-state index contributed by atoms with van der Waals surface area (Å²) in [5.41, 5.74) is 7.60. The summed E-state index contributed by atoms with van der Waals surface area (Å²) in [7, 11) is 0. The lowest BCUT2D eigenvalue weighted by atomic mass is 10.1. The topological polar surface area (TPSA) is 98.0 Å². The monoisotopic (exact) mass is 368 g/mol. The first-order valence-electron chi connectivity index (χ1n) is 8.99. The van der Waals surface area contributed by atoms with Crippen LogP contribution in [0.3, 0.4) is 0 Å². The molecule has 2 aromatic rings. The summed E-state index contributed by atoms with van der Waals surface area (Å²) >= 11 is 0. The predicted molar refractivity (Wildman–Crippen MR) is 105 cm³/mol. The van der Waals surface area contributed by atoms with Crippen molar-refractivity contribution in [1.29, 1.82) is 0 Å². The van der Waals surface area contributed by atoms with Crippen LogP contribution in [-0.2, 0) is 6.54 Å². The number of benzene rings is 2. The zero-order valence-corrected chi connectivity index (χ0v) is 15.3. The number of ether oxygens (including phenoxy) is 2. The maximum absolute atomic E-state index is 11.1. The average Bonchev–Trinajstić information content (AvgIpc) is 2.91. The summed E-state index contributed by atoms with van der Waals surface area (Å²) in [6.45, 7) is 4.52. The number of carbonyl (C=O) groups excluding carboxylic acids is 1. The average molecular weight is 368 g/mol. The minimum absolute atomic E-state index is 0.436. The number of carbonyl (C=O) groups is 1. The van der Waals surface area contributed by atoms with Gasteiger partial charge in [-0.15, -0.1) is 0 Å². The molecule has 1 aliphatic rings. The highest BCUT2D eigenvalue weighted by Gasteiger charge is 2.11. The Hall–Kier alpha value is -3.22. The summed E-state index contributed by atoms with van der Waals surface area (Å²) in [6.07, 6.45) is 0.871. The summed E-state index contributed by atoms with van der Waals surface area (Å²) in [6, 6.07) is 12.8. The Morgan fingerprint density at radius 2 is 1.85 bits per heavy atom. The van der Waals surface area contributed by atoms with Gasteiger partial charge in [0, 0.05) is 30.3 Å². The first-order chi connectivity index (χ1) is 13.2. The van der Waals surface area contributed by atoms with Gasteiger partial charge in [0.2, 0.25) is 5.91 Å². The van der Waals surface area contributed by atoms with Gasteiger partial charge in [-0.1, -0.05) is 12.1 Å². The number of nitrogens with zero attached hydrogens (tertiary/aromatic N) is 1. The molecule has 0 radical (unpaired) electrons. The van der Waals surface area contributed by atoms with Crippen LogP contribution >= 0.6 is 0 Å². The standard InChI is InChI=1S/C20H24N4O3/c1-2-22-20(23-13-14-4-6-15(7-5-14)19(21)25)24-16-8-9-17-18(12-16)27-11-3-10-26-17/h4-9,12H,2-3,10-11,13H2,1H3,(H2,21,25)(H2,22,23,24). The fraction of sp³-hybridized carbons (Fsp3) is 0.300. The molecular formula is C20H24N4O3. The van der Waals surface area contributed by atoms with Crippen molar-refractivity contribution in [1.82, 2.24) is 5.32 Å². The first-order valence-corrected chi connectivity index (χ1v) is 8.99. The number of nitrogens with one attached hydrogen (secondary N) is 2. The molecule has 0 unspecified atom stereocenters. The highest BCUT2D eigenvalue weighted by atomic mass is 16.5. The highest BCUT2D eigenvalue weighted by Crippen LogP contribution is 2.32. The predicted octanol–water partition coefficient (Wildman–Crippen LogP) is 2.52. The summed E-state index contributed by atoms with van der Waals surface area (Å²) in [4.78, 5) is 15.7. The third-order valence-corrected chi connectivity index (χ3v) is 4.01. The Balaban J connectivity index is 1.70. The Morgan fingerprint density at radius 3 is 2.56 bits per heavy atom. The van der Waals surface area contributed by atoms with Gasteiger partial charge in [0.1, 0.15) is 0 Å². The van der Waals surface area contributed by atoms with E-state index in [0.29, 0.717) is 31.3 Å². The molecule has 2 aromatic carbocycles. The Morgan fingerprint density at radius 1 is 1.11 bits per heavy atom. The van der Waals surface area contributed by atoms with Crippen molar-refractivity contribution in [3.63, 3.8) is 0 Å². The number of aliphatic imine (C=N–C) groups is 1. The van der Waals surface area contributed by atoms with E-state index in [1.807, 2.05) is 37.3 Å². The molecule has 0 spiro atoms. The fourth-order valence-corrected chi connectivity index (χ4v) is 2.63. The molecule has 4 N–H and O–H groups in total. The number of amides is 1. The summed E-state index contributed by atoms with van der Waals surface area (Å²) < 4.78 is 11.4. The van der Waals surface area contributed by atoms with Crippen LogP contribution in [0.2, 0.25) is 0 Å². The Labute approximate surface area is 158 Å². The number of hydrogen-bond acceptors (Lipinski definition) is 4. The van der Waals surface area contributed by atoms with Crippen LogP contribution in [0.15, 0.2) is 47.5 Å². The van der Waals surface area contributed by atoms with Crippen LogP contribution in [0.4, 0.5) is 5.69 Å². The van der Waals surface area contributed by atoms with Crippen LogP contribution in [0.5, 0.6) is 11.5 Å². The minimum atomic E-state index is -0.436. The molecule has 7 nitrogen and oxygen atoms in total. The highest BCUT2D eigenvalue weighted by molar-refractivity contribution is 5.94. The van der Waals surface area contributed by atoms with Gasteiger partial charge in [0.05, 0.1) is 19.8 Å². The quantitative estimate of drug-likeness (QED) is 0.556. The van der Waals surface area contributed by atoms with Gasteiger partial charge in [-0.3, -0.25) is 4.79 Å². The molecule has 3 rings (SSSR count). The first kappa shape index (κ1) is 18.6. The Kier molecular flexibility index (Phi) is 6.14. The number of rotatable bonds is 5. The maximum Gasteiger partial charge on any atom is 0.248 e. The molecule has 1 amide bonds. The lowest BCUT2D eigenvalue weighted by Crippen LogP contribution is -2.30. The molecule has 0 aromatic heterocycles. The van der Waals surface area contributed by atoms with Gasteiger partial charge in [-0.2, -0.15) is 0 Å². The van der Waals surface area contributed by atoms with Gasteiger partial charge >= 0.3 is 0 Å². The third kappa shape index (κ3) is 5.13. The van der Waals surface area contributed by atoms with Crippen LogP contribution in [0.1, 0.15) is 29.3 Å². The van der Waals surface area contributed by atoms with Gasteiger partial charge in [0.15, 0.2) is 17.5 Å².